The highest BCUT2D eigenvalue weighted by Gasteiger charge is 1.97. The molecule has 0 saturated carbocycles. The van der Waals surface area contributed by atoms with Crippen molar-refractivity contribution in [2.24, 2.45) is 5.73 Å². The smallest absolute Gasteiger partial charge is 0.217 e. The van der Waals surface area contributed by atoms with Gasteiger partial charge in [0.05, 0.1) is 0 Å². The summed E-state index contributed by atoms with van der Waals surface area (Å²) in [5.74, 6) is -0.252. The minimum Gasteiger partial charge on any atom is -0.385 e. The summed E-state index contributed by atoms with van der Waals surface area (Å²) in [6.45, 7) is 2.75. The first-order valence-corrected chi connectivity index (χ1v) is 4.63. The zero-order valence-electron chi connectivity index (χ0n) is 8.29. The van der Waals surface area contributed by atoms with Crippen LogP contribution in [0.25, 0.3) is 0 Å². The highest BCUT2D eigenvalue weighted by molar-refractivity contribution is 5.73. The fourth-order valence-corrected chi connectivity index (χ4v) is 1.16. The van der Waals surface area contributed by atoms with Crippen molar-refractivity contribution in [1.29, 1.82) is 0 Å². The number of nitrogens with two attached hydrogens (primary N) is 1. The van der Waals surface area contributed by atoms with Crippen molar-refractivity contribution in [3.63, 3.8) is 0 Å². The molecule has 0 aliphatic carbocycles. The Hall–Kier alpha value is -1.58. The molecule has 1 aromatic heterocycles. The molecule has 0 unspecified atom stereocenters. The predicted octanol–water partition coefficient (Wildman–Crippen LogP) is 1.07. The lowest BCUT2D eigenvalue weighted by Crippen LogP contribution is -2.12. The van der Waals surface area contributed by atoms with Crippen LogP contribution in [0.3, 0.4) is 0 Å². The monoisotopic (exact) mass is 193 g/mol. The van der Waals surface area contributed by atoms with E-state index in [-0.39, 0.29) is 5.91 Å². The molecule has 0 spiro atoms. The number of pyridine rings is 1. The number of aromatic nitrogens is 1. The molecule has 0 saturated heterocycles. The number of aryl methyl sites for hydroxylation is 1. The second-order valence-corrected chi connectivity index (χ2v) is 3.19. The number of hydrogen-bond donors (Lipinski definition) is 2. The minimum atomic E-state index is -0.252. The maximum absolute atomic E-state index is 10.5. The Morgan fingerprint density at radius 1 is 1.64 bits per heavy atom. The van der Waals surface area contributed by atoms with Crippen LogP contribution in [0.4, 0.5) is 5.69 Å². The molecule has 1 aromatic rings. The molecule has 4 nitrogen and oxygen atoms in total. The van der Waals surface area contributed by atoms with Crippen molar-refractivity contribution < 1.29 is 4.79 Å². The summed E-state index contributed by atoms with van der Waals surface area (Å²) in [4.78, 5) is 14.4. The molecule has 0 aliphatic rings. The van der Waals surface area contributed by atoms with Gasteiger partial charge in [-0.2, -0.15) is 0 Å². The molecule has 0 aromatic carbocycles. The van der Waals surface area contributed by atoms with Crippen LogP contribution < -0.4 is 11.1 Å². The molecule has 4 heteroatoms. The van der Waals surface area contributed by atoms with Gasteiger partial charge in [0, 0.05) is 31.0 Å². The first-order valence-electron chi connectivity index (χ1n) is 4.63. The van der Waals surface area contributed by atoms with Gasteiger partial charge in [-0.15, -0.1) is 0 Å². The van der Waals surface area contributed by atoms with Gasteiger partial charge in [0.25, 0.3) is 0 Å². The Labute approximate surface area is 83.5 Å². The number of nitrogens with zero attached hydrogens (tertiary/aromatic N) is 1. The van der Waals surface area contributed by atoms with Gasteiger partial charge < -0.3 is 11.1 Å². The summed E-state index contributed by atoms with van der Waals surface area (Å²) < 4.78 is 0. The minimum absolute atomic E-state index is 0.252. The number of carbonyl (C=O) groups excluding carboxylic acids is 1. The number of anilines is 1. The maximum Gasteiger partial charge on any atom is 0.217 e. The number of nitrogens with one attached hydrogen (secondary N) is 1. The fourth-order valence-electron chi connectivity index (χ4n) is 1.16. The number of hydrogen-bond acceptors (Lipinski definition) is 3. The maximum atomic E-state index is 10.5. The van der Waals surface area contributed by atoms with Gasteiger partial charge in [-0.05, 0) is 25.0 Å². The molecular formula is C10H15N3O. The van der Waals surface area contributed by atoms with Crippen molar-refractivity contribution in [2.75, 3.05) is 11.9 Å². The Kier molecular flexibility index (Phi) is 3.91. The van der Waals surface area contributed by atoms with Crippen molar-refractivity contribution in [1.82, 2.24) is 4.98 Å². The number of primary amides is 1. The molecule has 0 atom stereocenters. The van der Waals surface area contributed by atoms with Gasteiger partial charge in [0.15, 0.2) is 0 Å². The van der Waals surface area contributed by atoms with Crippen molar-refractivity contribution in [2.45, 2.75) is 19.8 Å². The normalized spacial score (nSPS) is 9.79. The van der Waals surface area contributed by atoms with Crippen LogP contribution in [0.15, 0.2) is 18.5 Å². The van der Waals surface area contributed by atoms with Crippen LogP contribution >= 0.6 is 0 Å². The fraction of sp³-hybridized carbons (Fsp3) is 0.400. The molecule has 0 fully saturated rings. The van der Waals surface area contributed by atoms with Gasteiger partial charge in [-0.1, -0.05) is 0 Å². The largest absolute Gasteiger partial charge is 0.385 e. The third-order valence-electron chi connectivity index (χ3n) is 1.94. The summed E-state index contributed by atoms with van der Waals surface area (Å²) in [5, 5.41) is 3.22. The number of carbonyl (C=O) groups is 1. The van der Waals surface area contributed by atoms with E-state index < -0.39 is 0 Å². The molecule has 1 amide bonds. The molecule has 0 radical (unpaired) electrons. The van der Waals surface area contributed by atoms with Crippen molar-refractivity contribution in [3.05, 3.63) is 24.0 Å². The third kappa shape index (κ3) is 3.43. The number of amides is 1. The standard InChI is InChI=1S/C10H15N3O/c1-8-7-12-6-4-9(8)13-5-2-3-10(11)14/h4,6-7H,2-3,5H2,1H3,(H2,11,14)(H,12,13). The van der Waals surface area contributed by atoms with Gasteiger partial charge in [0.2, 0.25) is 5.91 Å². The quantitative estimate of drug-likeness (QED) is 0.687. The van der Waals surface area contributed by atoms with Gasteiger partial charge >= 0.3 is 0 Å². The lowest BCUT2D eigenvalue weighted by Gasteiger charge is -2.07. The van der Waals surface area contributed by atoms with Crippen LogP contribution in [0.5, 0.6) is 0 Å². The molecule has 0 aliphatic heterocycles. The van der Waals surface area contributed by atoms with Gasteiger partial charge in [-0.3, -0.25) is 9.78 Å². The molecule has 1 rings (SSSR count). The van der Waals surface area contributed by atoms with E-state index in [9.17, 15) is 4.79 Å². The third-order valence-corrected chi connectivity index (χ3v) is 1.94. The van der Waals surface area contributed by atoms with Gasteiger partial charge in [0.1, 0.15) is 0 Å². The van der Waals surface area contributed by atoms with E-state index in [1.54, 1.807) is 12.4 Å². The Balaban J connectivity index is 2.31. The lowest BCUT2D eigenvalue weighted by atomic mass is 10.2. The number of rotatable bonds is 5. The second-order valence-electron chi connectivity index (χ2n) is 3.19. The van der Waals surface area contributed by atoms with E-state index in [4.69, 9.17) is 5.73 Å². The predicted molar refractivity (Wildman–Crippen MR) is 55.9 cm³/mol. The van der Waals surface area contributed by atoms with Crippen LogP contribution in [0.1, 0.15) is 18.4 Å². The Morgan fingerprint density at radius 3 is 3.07 bits per heavy atom. The summed E-state index contributed by atoms with van der Waals surface area (Å²) >= 11 is 0. The summed E-state index contributed by atoms with van der Waals surface area (Å²) in [5.41, 5.74) is 7.19. The van der Waals surface area contributed by atoms with E-state index in [0.717, 1.165) is 24.2 Å². The van der Waals surface area contributed by atoms with E-state index in [2.05, 4.69) is 10.3 Å². The van der Waals surface area contributed by atoms with Crippen LogP contribution in [-0.4, -0.2) is 17.4 Å². The first-order chi connectivity index (χ1) is 6.70. The van der Waals surface area contributed by atoms with E-state index >= 15 is 0 Å². The summed E-state index contributed by atoms with van der Waals surface area (Å²) in [7, 11) is 0. The Morgan fingerprint density at radius 2 is 2.43 bits per heavy atom. The highest BCUT2D eigenvalue weighted by atomic mass is 16.1. The van der Waals surface area contributed by atoms with Crippen molar-refractivity contribution >= 4 is 11.6 Å². The lowest BCUT2D eigenvalue weighted by molar-refractivity contribution is -0.118. The Bertz CT molecular complexity index is 312. The van der Waals surface area contributed by atoms with Crippen molar-refractivity contribution in [3.8, 4) is 0 Å². The zero-order valence-corrected chi connectivity index (χ0v) is 8.29. The average molecular weight is 193 g/mol. The molecule has 1 heterocycles. The second kappa shape index (κ2) is 5.21. The highest BCUT2D eigenvalue weighted by Crippen LogP contribution is 2.11. The molecule has 76 valence electrons. The van der Waals surface area contributed by atoms with E-state index in [0.29, 0.717) is 6.42 Å². The zero-order chi connectivity index (χ0) is 10.4. The first kappa shape index (κ1) is 10.5. The molecule has 14 heavy (non-hydrogen) atoms. The topological polar surface area (TPSA) is 68.0 Å². The summed E-state index contributed by atoms with van der Waals surface area (Å²) in [6, 6.07) is 1.92. The molecule has 3 N–H and O–H groups in total. The van der Waals surface area contributed by atoms with Gasteiger partial charge in [-0.25, -0.2) is 0 Å². The van der Waals surface area contributed by atoms with Crippen LogP contribution in [0.2, 0.25) is 0 Å². The van der Waals surface area contributed by atoms with Crippen LogP contribution in [0, 0.1) is 6.92 Å². The molecule has 0 bridgehead atoms. The summed E-state index contributed by atoms with van der Waals surface area (Å²) in [6.07, 6.45) is 4.73. The van der Waals surface area contributed by atoms with Crippen LogP contribution in [-0.2, 0) is 4.79 Å². The SMILES string of the molecule is Cc1cnccc1NCCCC(N)=O. The van der Waals surface area contributed by atoms with E-state index in [1.807, 2.05) is 13.0 Å². The average Bonchev–Trinajstić information content (AvgIpc) is 2.15. The van der Waals surface area contributed by atoms with E-state index in [1.165, 1.54) is 0 Å². The molecular weight excluding hydrogens is 178 g/mol.